The number of halogens is 3. The van der Waals surface area contributed by atoms with Gasteiger partial charge in [0.25, 0.3) is 5.91 Å². The number of amides is 1. The van der Waals surface area contributed by atoms with Gasteiger partial charge in [0.15, 0.2) is 5.82 Å². The Kier molecular flexibility index (Phi) is 4.48. The lowest BCUT2D eigenvalue weighted by atomic mass is 10.3. The number of nitrogens with zero attached hydrogens (tertiary/aromatic N) is 2. The summed E-state index contributed by atoms with van der Waals surface area (Å²) in [4.78, 5) is 19.7. The molecule has 9 heteroatoms. The third kappa shape index (κ3) is 3.21. The van der Waals surface area contributed by atoms with E-state index in [0.717, 1.165) is 6.07 Å². The maximum atomic E-state index is 13.1. The maximum Gasteiger partial charge on any atom is 0.275 e. The number of hydrogen-bond acceptors (Lipinski definition) is 5. The Labute approximate surface area is 126 Å². The van der Waals surface area contributed by atoms with Crippen LogP contribution in [0, 0.1) is 5.82 Å². The highest BCUT2D eigenvalue weighted by molar-refractivity contribution is 9.10. The number of hydrazine groups is 1. The Bertz CT molecular complexity index is 629. The molecule has 0 bridgehead atoms. The molecule has 2 rings (SSSR count). The number of carbonyl (C=O) groups excluding carboxylic acids is 1. The van der Waals surface area contributed by atoms with Crippen LogP contribution in [0.5, 0.6) is 0 Å². The number of nitrogens with one attached hydrogen (secondary N) is 2. The number of hydrogen-bond donors (Lipinski definition) is 3. The van der Waals surface area contributed by atoms with Gasteiger partial charge in [0, 0.05) is 4.47 Å². The van der Waals surface area contributed by atoms with Gasteiger partial charge in [-0.3, -0.25) is 4.79 Å². The second-order valence-electron chi connectivity index (χ2n) is 3.63. The smallest absolute Gasteiger partial charge is 0.275 e. The van der Waals surface area contributed by atoms with E-state index >= 15 is 0 Å². The zero-order valence-corrected chi connectivity index (χ0v) is 12.2. The van der Waals surface area contributed by atoms with Gasteiger partial charge in [0.05, 0.1) is 23.1 Å². The number of rotatable bonds is 3. The summed E-state index contributed by atoms with van der Waals surface area (Å²) in [6, 6.07) is 2.28. The monoisotopic (exact) mass is 359 g/mol. The molecule has 6 nitrogen and oxygen atoms in total. The van der Waals surface area contributed by atoms with Gasteiger partial charge in [-0.2, -0.15) is 0 Å². The lowest BCUT2D eigenvalue weighted by molar-refractivity contribution is 0.102. The normalized spacial score (nSPS) is 10.2. The summed E-state index contributed by atoms with van der Waals surface area (Å²) >= 11 is 8.99. The molecule has 1 aromatic carbocycles. The standard InChI is InChI=1S/C11H8BrClFN5O/c12-6-1-5(14)2-7(13)10(6)18-11(20)8-3-17-9(19-15)4-16-8/h1-4H,15H2,(H,17,19)(H,18,20). The van der Waals surface area contributed by atoms with Gasteiger partial charge >= 0.3 is 0 Å². The fraction of sp³-hybridized carbons (Fsp3) is 0. The third-order valence-electron chi connectivity index (χ3n) is 2.28. The Morgan fingerprint density at radius 2 is 2.10 bits per heavy atom. The molecule has 4 N–H and O–H groups in total. The van der Waals surface area contributed by atoms with Crippen LogP contribution in [0.4, 0.5) is 15.9 Å². The Balaban J connectivity index is 2.23. The van der Waals surface area contributed by atoms with Crippen LogP contribution < -0.4 is 16.6 Å². The highest BCUT2D eigenvalue weighted by atomic mass is 79.9. The van der Waals surface area contributed by atoms with E-state index in [0.29, 0.717) is 10.3 Å². The molecule has 0 saturated carbocycles. The highest BCUT2D eigenvalue weighted by Gasteiger charge is 2.14. The van der Waals surface area contributed by atoms with Crippen molar-refractivity contribution in [3.63, 3.8) is 0 Å². The Hall–Kier alpha value is -1.77. The fourth-order valence-electron chi connectivity index (χ4n) is 1.36. The van der Waals surface area contributed by atoms with Gasteiger partial charge in [0.1, 0.15) is 11.5 Å². The lowest BCUT2D eigenvalue weighted by Crippen LogP contribution is -2.16. The first-order valence-electron chi connectivity index (χ1n) is 5.26. The molecular formula is C11H8BrClFN5O. The molecule has 1 heterocycles. The van der Waals surface area contributed by atoms with Gasteiger partial charge in [-0.05, 0) is 28.1 Å². The number of aromatic nitrogens is 2. The van der Waals surface area contributed by atoms with Crippen molar-refractivity contribution in [3.05, 3.63) is 45.5 Å². The van der Waals surface area contributed by atoms with E-state index in [1.807, 2.05) is 0 Å². The molecule has 0 aliphatic carbocycles. The molecule has 0 radical (unpaired) electrons. The Morgan fingerprint density at radius 3 is 2.65 bits per heavy atom. The quantitative estimate of drug-likeness (QED) is 0.578. The summed E-state index contributed by atoms with van der Waals surface area (Å²) in [5.41, 5.74) is 2.61. The highest BCUT2D eigenvalue weighted by Crippen LogP contribution is 2.31. The molecule has 1 aromatic heterocycles. The fourth-order valence-corrected chi connectivity index (χ4v) is 2.26. The van der Waals surface area contributed by atoms with Crippen molar-refractivity contribution in [3.8, 4) is 0 Å². The molecule has 0 fully saturated rings. The summed E-state index contributed by atoms with van der Waals surface area (Å²) in [5, 5.41) is 2.59. The minimum atomic E-state index is -0.532. The van der Waals surface area contributed by atoms with E-state index in [1.165, 1.54) is 18.5 Å². The van der Waals surface area contributed by atoms with E-state index in [4.69, 9.17) is 17.4 Å². The molecule has 0 aliphatic heterocycles. The molecule has 0 spiro atoms. The SMILES string of the molecule is NNc1cnc(C(=O)Nc2c(Cl)cc(F)cc2Br)cn1. The van der Waals surface area contributed by atoms with E-state index in [2.05, 4.69) is 36.6 Å². The molecule has 104 valence electrons. The average Bonchev–Trinajstić information content (AvgIpc) is 2.42. The van der Waals surface area contributed by atoms with Gasteiger partial charge in [-0.1, -0.05) is 11.6 Å². The second-order valence-corrected chi connectivity index (χ2v) is 4.89. The first kappa shape index (κ1) is 14.6. The third-order valence-corrected chi connectivity index (χ3v) is 3.20. The van der Waals surface area contributed by atoms with Gasteiger partial charge in [-0.15, -0.1) is 0 Å². The van der Waals surface area contributed by atoms with Crippen LogP contribution >= 0.6 is 27.5 Å². The molecule has 20 heavy (non-hydrogen) atoms. The summed E-state index contributed by atoms with van der Waals surface area (Å²) in [6.45, 7) is 0. The van der Waals surface area contributed by atoms with E-state index in [9.17, 15) is 9.18 Å². The number of anilines is 2. The van der Waals surface area contributed by atoms with Crippen molar-refractivity contribution in [2.75, 3.05) is 10.7 Å². The first-order chi connectivity index (χ1) is 9.51. The number of benzene rings is 1. The van der Waals surface area contributed by atoms with E-state index in [-0.39, 0.29) is 16.4 Å². The summed E-state index contributed by atoms with van der Waals surface area (Å²) in [6.07, 6.45) is 2.55. The number of nitrogens with two attached hydrogens (primary N) is 1. The maximum absolute atomic E-state index is 13.1. The van der Waals surface area contributed by atoms with Crippen molar-refractivity contribution in [2.45, 2.75) is 0 Å². The topological polar surface area (TPSA) is 92.9 Å². The van der Waals surface area contributed by atoms with Crippen LogP contribution in [0.15, 0.2) is 29.0 Å². The van der Waals surface area contributed by atoms with Crippen molar-refractivity contribution < 1.29 is 9.18 Å². The minimum Gasteiger partial charge on any atom is -0.318 e. The van der Waals surface area contributed by atoms with Gasteiger partial charge in [0.2, 0.25) is 0 Å². The number of nitrogen functional groups attached to an aromatic ring is 1. The zero-order valence-electron chi connectivity index (χ0n) is 9.82. The average molecular weight is 361 g/mol. The lowest BCUT2D eigenvalue weighted by Gasteiger charge is -2.09. The Morgan fingerprint density at radius 1 is 1.35 bits per heavy atom. The molecular weight excluding hydrogens is 353 g/mol. The van der Waals surface area contributed by atoms with E-state index in [1.54, 1.807) is 0 Å². The molecule has 2 aromatic rings. The summed E-state index contributed by atoms with van der Waals surface area (Å²) < 4.78 is 13.4. The summed E-state index contributed by atoms with van der Waals surface area (Å²) in [7, 11) is 0. The van der Waals surface area contributed by atoms with Gasteiger partial charge in [-0.25, -0.2) is 20.2 Å². The van der Waals surface area contributed by atoms with Crippen LogP contribution in [0.1, 0.15) is 10.5 Å². The predicted molar refractivity (Wildman–Crippen MR) is 76.9 cm³/mol. The largest absolute Gasteiger partial charge is 0.318 e. The minimum absolute atomic E-state index is 0.0660. The first-order valence-corrected chi connectivity index (χ1v) is 6.43. The van der Waals surface area contributed by atoms with Crippen LogP contribution in [-0.2, 0) is 0 Å². The molecule has 1 amide bonds. The van der Waals surface area contributed by atoms with Crippen LogP contribution in [0.2, 0.25) is 5.02 Å². The zero-order chi connectivity index (χ0) is 14.7. The molecule has 0 saturated heterocycles. The molecule has 0 atom stereocenters. The van der Waals surface area contributed by atoms with Crippen LogP contribution in [-0.4, -0.2) is 15.9 Å². The van der Waals surface area contributed by atoms with Gasteiger partial charge < -0.3 is 10.7 Å². The number of carbonyl (C=O) groups is 1. The summed E-state index contributed by atoms with van der Waals surface area (Å²) in [5.74, 6) is 4.42. The van der Waals surface area contributed by atoms with Crippen LogP contribution in [0.25, 0.3) is 0 Å². The van der Waals surface area contributed by atoms with E-state index < -0.39 is 11.7 Å². The molecule has 0 unspecified atom stereocenters. The van der Waals surface area contributed by atoms with Crippen molar-refractivity contribution in [2.24, 2.45) is 5.84 Å². The molecule has 0 aliphatic rings. The van der Waals surface area contributed by atoms with Crippen LogP contribution in [0.3, 0.4) is 0 Å². The second kappa shape index (κ2) is 6.12. The predicted octanol–water partition coefficient (Wildman–Crippen LogP) is 2.57. The van der Waals surface area contributed by atoms with Crippen molar-refractivity contribution in [1.29, 1.82) is 0 Å². The van der Waals surface area contributed by atoms with Crippen molar-refractivity contribution >= 4 is 44.9 Å². The van der Waals surface area contributed by atoms with Crippen molar-refractivity contribution in [1.82, 2.24) is 9.97 Å².